The molecule has 2 aromatic carbocycles. The van der Waals surface area contributed by atoms with Crippen LogP contribution in [0, 0.1) is 0 Å². The van der Waals surface area contributed by atoms with Gasteiger partial charge >= 0.3 is 0 Å². The SMILES string of the molecule is CCC/C(=C(\CCC)C(O)c1ccccc1)c1ccccc1. The quantitative estimate of drug-likeness (QED) is 0.687. The third-order valence-electron chi connectivity index (χ3n) is 3.97. The topological polar surface area (TPSA) is 20.2 Å². The molecule has 0 aliphatic carbocycles. The Bertz CT molecular complexity index is 584. The molecule has 0 bridgehead atoms. The van der Waals surface area contributed by atoms with E-state index >= 15 is 0 Å². The van der Waals surface area contributed by atoms with Gasteiger partial charge in [-0.3, -0.25) is 0 Å². The van der Waals surface area contributed by atoms with Crippen LogP contribution in [0.4, 0.5) is 0 Å². The fraction of sp³-hybridized carbons (Fsp3) is 0.333. The van der Waals surface area contributed by atoms with Crippen LogP contribution in [-0.2, 0) is 0 Å². The highest BCUT2D eigenvalue weighted by Crippen LogP contribution is 2.34. The van der Waals surface area contributed by atoms with Crippen LogP contribution in [0.1, 0.15) is 56.8 Å². The number of aliphatic hydroxyl groups is 1. The second kappa shape index (κ2) is 8.55. The third kappa shape index (κ3) is 4.08. The summed E-state index contributed by atoms with van der Waals surface area (Å²) in [5, 5.41) is 10.9. The van der Waals surface area contributed by atoms with E-state index in [2.05, 4.69) is 38.1 Å². The van der Waals surface area contributed by atoms with Gasteiger partial charge in [-0.05, 0) is 35.1 Å². The molecule has 0 fully saturated rings. The monoisotopic (exact) mass is 294 g/mol. The Morgan fingerprint density at radius 3 is 1.91 bits per heavy atom. The van der Waals surface area contributed by atoms with Gasteiger partial charge in [0.2, 0.25) is 0 Å². The van der Waals surface area contributed by atoms with Gasteiger partial charge in [0.1, 0.15) is 6.10 Å². The highest BCUT2D eigenvalue weighted by atomic mass is 16.3. The summed E-state index contributed by atoms with van der Waals surface area (Å²) in [7, 11) is 0. The largest absolute Gasteiger partial charge is 0.384 e. The van der Waals surface area contributed by atoms with E-state index in [-0.39, 0.29) is 0 Å². The van der Waals surface area contributed by atoms with Crippen molar-refractivity contribution >= 4 is 5.57 Å². The van der Waals surface area contributed by atoms with Crippen LogP contribution < -0.4 is 0 Å². The molecule has 1 nitrogen and oxygen atoms in total. The zero-order valence-corrected chi connectivity index (χ0v) is 13.6. The van der Waals surface area contributed by atoms with Gasteiger partial charge in [-0.25, -0.2) is 0 Å². The first-order valence-corrected chi connectivity index (χ1v) is 8.28. The zero-order chi connectivity index (χ0) is 15.8. The average molecular weight is 294 g/mol. The lowest BCUT2D eigenvalue weighted by Gasteiger charge is -2.21. The average Bonchev–Trinajstić information content (AvgIpc) is 2.59. The molecule has 0 aliphatic heterocycles. The van der Waals surface area contributed by atoms with Gasteiger partial charge in [-0.15, -0.1) is 0 Å². The van der Waals surface area contributed by atoms with Gasteiger partial charge < -0.3 is 5.11 Å². The minimum absolute atomic E-state index is 0.511. The second-order valence-corrected chi connectivity index (χ2v) is 5.68. The first-order valence-electron chi connectivity index (χ1n) is 8.28. The number of hydrogen-bond acceptors (Lipinski definition) is 1. The van der Waals surface area contributed by atoms with Crippen molar-refractivity contribution in [1.82, 2.24) is 0 Å². The van der Waals surface area contributed by atoms with E-state index in [0.29, 0.717) is 0 Å². The van der Waals surface area contributed by atoms with E-state index in [9.17, 15) is 5.11 Å². The molecule has 1 atom stereocenters. The highest BCUT2D eigenvalue weighted by molar-refractivity contribution is 5.69. The van der Waals surface area contributed by atoms with E-state index in [0.717, 1.165) is 31.2 Å². The first kappa shape index (κ1) is 16.5. The molecule has 0 saturated carbocycles. The Morgan fingerprint density at radius 2 is 1.36 bits per heavy atom. The predicted octanol–water partition coefficient (Wildman–Crippen LogP) is 5.77. The molecule has 0 saturated heterocycles. The Hall–Kier alpha value is -1.86. The summed E-state index contributed by atoms with van der Waals surface area (Å²) in [6.45, 7) is 4.37. The molecule has 116 valence electrons. The number of aliphatic hydroxyl groups excluding tert-OH is 1. The van der Waals surface area contributed by atoms with E-state index < -0.39 is 6.10 Å². The molecule has 1 heteroatoms. The lowest BCUT2D eigenvalue weighted by Crippen LogP contribution is -2.05. The van der Waals surface area contributed by atoms with Crippen molar-refractivity contribution < 1.29 is 5.11 Å². The fourth-order valence-electron chi connectivity index (χ4n) is 2.94. The standard InChI is InChI=1S/C21H26O/c1-3-11-19(17-13-7-5-8-14-17)20(12-4-2)21(22)18-15-9-6-10-16-18/h5-10,13-16,21-22H,3-4,11-12H2,1-2H3/b20-19-. The number of benzene rings is 2. The van der Waals surface area contributed by atoms with Crippen molar-refractivity contribution in [3.63, 3.8) is 0 Å². The lowest BCUT2D eigenvalue weighted by atomic mass is 9.88. The third-order valence-corrected chi connectivity index (χ3v) is 3.97. The summed E-state index contributed by atoms with van der Waals surface area (Å²) >= 11 is 0. The van der Waals surface area contributed by atoms with Gasteiger partial charge in [0, 0.05) is 0 Å². The van der Waals surface area contributed by atoms with Gasteiger partial charge in [0.05, 0.1) is 0 Å². The Kier molecular flexibility index (Phi) is 6.42. The molecule has 22 heavy (non-hydrogen) atoms. The predicted molar refractivity (Wildman–Crippen MR) is 94.6 cm³/mol. The maximum absolute atomic E-state index is 10.9. The molecule has 0 aliphatic rings. The van der Waals surface area contributed by atoms with Gasteiger partial charge in [-0.2, -0.15) is 0 Å². The Balaban J connectivity index is 2.49. The normalized spacial score (nSPS) is 13.6. The van der Waals surface area contributed by atoms with Crippen LogP contribution in [0.5, 0.6) is 0 Å². The van der Waals surface area contributed by atoms with Crippen molar-refractivity contribution in [2.45, 2.75) is 45.6 Å². The lowest BCUT2D eigenvalue weighted by molar-refractivity contribution is 0.211. The molecular formula is C21H26O. The van der Waals surface area contributed by atoms with E-state index in [4.69, 9.17) is 0 Å². The first-order chi connectivity index (χ1) is 10.8. The number of hydrogen-bond donors (Lipinski definition) is 1. The molecular weight excluding hydrogens is 268 g/mol. The van der Waals surface area contributed by atoms with Gasteiger partial charge in [0.15, 0.2) is 0 Å². The summed E-state index contributed by atoms with van der Waals surface area (Å²) in [5.41, 5.74) is 4.70. The van der Waals surface area contributed by atoms with Gasteiger partial charge in [0.25, 0.3) is 0 Å². The number of allylic oxidation sites excluding steroid dienone is 1. The maximum atomic E-state index is 10.9. The molecule has 1 N–H and O–H groups in total. The van der Waals surface area contributed by atoms with Crippen LogP contribution in [0.15, 0.2) is 66.2 Å². The molecule has 2 aromatic rings. The van der Waals surface area contributed by atoms with Crippen molar-refractivity contribution in [1.29, 1.82) is 0 Å². The smallest absolute Gasteiger partial charge is 0.101 e. The molecule has 0 heterocycles. The molecule has 0 spiro atoms. The van der Waals surface area contributed by atoms with Crippen molar-refractivity contribution in [2.24, 2.45) is 0 Å². The van der Waals surface area contributed by atoms with Crippen LogP contribution in [-0.4, -0.2) is 5.11 Å². The zero-order valence-electron chi connectivity index (χ0n) is 13.6. The minimum Gasteiger partial charge on any atom is -0.384 e. The van der Waals surface area contributed by atoms with Crippen LogP contribution >= 0.6 is 0 Å². The van der Waals surface area contributed by atoms with Crippen LogP contribution in [0.2, 0.25) is 0 Å². The highest BCUT2D eigenvalue weighted by Gasteiger charge is 2.17. The van der Waals surface area contributed by atoms with Crippen molar-refractivity contribution in [2.75, 3.05) is 0 Å². The fourth-order valence-corrected chi connectivity index (χ4v) is 2.94. The molecule has 0 aromatic heterocycles. The summed E-state index contributed by atoms with van der Waals surface area (Å²) in [4.78, 5) is 0. The van der Waals surface area contributed by atoms with Crippen molar-refractivity contribution in [3.8, 4) is 0 Å². The number of rotatable bonds is 7. The second-order valence-electron chi connectivity index (χ2n) is 5.68. The molecule has 0 amide bonds. The minimum atomic E-state index is -0.511. The Labute approximate surface area is 134 Å². The molecule has 1 unspecified atom stereocenters. The van der Waals surface area contributed by atoms with Crippen LogP contribution in [0.25, 0.3) is 5.57 Å². The summed E-state index contributed by atoms with van der Waals surface area (Å²) in [6.07, 6.45) is 3.55. The van der Waals surface area contributed by atoms with Gasteiger partial charge in [-0.1, -0.05) is 87.4 Å². The van der Waals surface area contributed by atoms with E-state index in [1.807, 2.05) is 36.4 Å². The summed E-state index contributed by atoms with van der Waals surface area (Å²) in [6, 6.07) is 20.5. The summed E-state index contributed by atoms with van der Waals surface area (Å²) < 4.78 is 0. The van der Waals surface area contributed by atoms with E-state index in [1.165, 1.54) is 16.7 Å². The Morgan fingerprint density at radius 1 is 0.818 bits per heavy atom. The molecule has 0 radical (unpaired) electrons. The van der Waals surface area contributed by atoms with Crippen LogP contribution in [0.3, 0.4) is 0 Å². The molecule has 2 rings (SSSR count). The van der Waals surface area contributed by atoms with E-state index in [1.54, 1.807) is 0 Å². The summed E-state index contributed by atoms with van der Waals surface area (Å²) in [5.74, 6) is 0. The maximum Gasteiger partial charge on any atom is 0.101 e. The van der Waals surface area contributed by atoms with Crippen molar-refractivity contribution in [3.05, 3.63) is 77.4 Å².